The topological polar surface area (TPSA) is 77.2 Å². The number of anilines is 2. The highest BCUT2D eigenvalue weighted by atomic mass is 19.4. The Kier molecular flexibility index (Phi) is 5.78. The summed E-state index contributed by atoms with van der Waals surface area (Å²) in [4.78, 5) is 12.4. The van der Waals surface area contributed by atoms with Gasteiger partial charge in [0.25, 0.3) is 0 Å². The SMILES string of the molecule is CCCOc1nc(N)nc(N(CCC)CC(F)(F)F)n1. The molecule has 0 amide bonds. The van der Waals surface area contributed by atoms with Crippen molar-refractivity contribution >= 4 is 11.9 Å². The number of rotatable bonds is 7. The van der Waals surface area contributed by atoms with Crippen molar-refractivity contribution in [2.45, 2.75) is 32.9 Å². The third-order valence-electron chi connectivity index (χ3n) is 2.20. The summed E-state index contributed by atoms with van der Waals surface area (Å²) in [6, 6.07) is -0.0578. The molecule has 114 valence electrons. The van der Waals surface area contributed by atoms with Crippen LogP contribution in [0.5, 0.6) is 6.01 Å². The van der Waals surface area contributed by atoms with Gasteiger partial charge in [-0.05, 0) is 12.8 Å². The molecule has 0 spiro atoms. The summed E-state index contributed by atoms with van der Waals surface area (Å²) >= 11 is 0. The predicted octanol–water partition coefficient (Wildman–Crippen LogP) is 2.02. The lowest BCUT2D eigenvalue weighted by atomic mass is 10.4. The number of hydrogen-bond donors (Lipinski definition) is 1. The van der Waals surface area contributed by atoms with Gasteiger partial charge in [-0.15, -0.1) is 0 Å². The third-order valence-corrected chi connectivity index (χ3v) is 2.20. The van der Waals surface area contributed by atoms with Gasteiger partial charge in [-0.2, -0.15) is 28.1 Å². The largest absolute Gasteiger partial charge is 0.463 e. The second-order valence-electron chi connectivity index (χ2n) is 4.16. The van der Waals surface area contributed by atoms with Gasteiger partial charge in [-0.3, -0.25) is 0 Å². The first-order chi connectivity index (χ1) is 9.35. The first kappa shape index (κ1) is 16.3. The van der Waals surface area contributed by atoms with Crippen LogP contribution in [-0.2, 0) is 0 Å². The highest BCUT2D eigenvalue weighted by Crippen LogP contribution is 2.21. The van der Waals surface area contributed by atoms with Crippen molar-refractivity contribution in [3.05, 3.63) is 0 Å². The van der Waals surface area contributed by atoms with Crippen molar-refractivity contribution in [1.29, 1.82) is 0 Å². The molecule has 0 unspecified atom stereocenters. The summed E-state index contributed by atoms with van der Waals surface area (Å²) in [6.45, 7) is 3.03. The zero-order valence-electron chi connectivity index (χ0n) is 11.4. The Morgan fingerprint density at radius 3 is 2.40 bits per heavy atom. The van der Waals surface area contributed by atoms with Crippen LogP contribution in [0.15, 0.2) is 0 Å². The second kappa shape index (κ2) is 7.11. The van der Waals surface area contributed by atoms with Crippen molar-refractivity contribution in [3.8, 4) is 6.01 Å². The van der Waals surface area contributed by atoms with E-state index in [1.807, 2.05) is 6.92 Å². The van der Waals surface area contributed by atoms with Gasteiger partial charge in [0.1, 0.15) is 6.54 Å². The Labute approximate surface area is 115 Å². The molecule has 0 aromatic carbocycles. The van der Waals surface area contributed by atoms with E-state index in [2.05, 4.69) is 15.0 Å². The summed E-state index contributed by atoms with van der Waals surface area (Å²) in [7, 11) is 0. The zero-order chi connectivity index (χ0) is 15.2. The third kappa shape index (κ3) is 5.45. The molecule has 0 aliphatic rings. The molecule has 1 rings (SSSR count). The van der Waals surface area contributed by atoms with Crippen LogP contribution in [0.1, 0.15) is 26.7 Å². The normalized spacial score (nSPS) is 11.4. The van der Waals surface area contributed by atoms with E-state index in [0.29, 0.717) is 13.0 Å². The molecule has 0 saturated heterocycles. The first-order valence-corrected chi connectivity index (χ1v) is 6.31. The highest BCUT2D eigenvalue weighted by molar-refractivity contribution is 5.36. The van der Waals surface area contributed by atoms with Crippen molar-refractivity contribution in [2.24, 2.45) is 0 Å². The molecule has 1 aromatic rings. The summed E-state index contributed by atoms with van der Waals surface area (Å²) in [6.07, 6.45) is -3.10. The fourth-order valence-corrected chi connectivity index (χ4v) is 1.50. The average Bonchev–Trinajstić information content (AvgIpc) is 2.33. The van der Waals surface area contributed by atoms with Crippen molar-refractivity contribution < 1.29 is 17.9 Å². The predicted molar refractivity (Wildman–Crippen MR) is 68.6 cm³/mol. The van der Waals surface area contributed by atoms with E-state index in [1.54, 1.807) is 6.92 Å². The number of nitrogens with two attached hydrogens (primary N) is 1. The van der Waals surface area contributed by atoms with Crippen LogP contribution in [0.3, 0.4) is 0 Å². The fourth-order valence-electron chi connectivity index (χ4n) is 1.50. The van der Waals surface area contributed by atoms with Gasteiger partial charge in [0, 0.05) is 6.54 Å². The van der Waals surface area contributed by atoms with Crippen LogP contribution in [0.25, 0.3) is 0 Å². The van der Waals surface area contributed by atoms with Crippen LogP contribution >= 0.6 is 0 Å². The van der Waals surface area contributed by atoms with E-state index >= 15 is 0 Å². The van der Waals surface area contributed by atoms with Crippen LogP contribution in [0.2, 0.25) is 0 Å². The van der Waals surface area contributed by atoms with Gasteiger partial charge < -0.3 is 15.4 Å². The Morgan fingerprint density at radius 2 is 1.85 bits per heavy atom. The smallest absolute Gasteiger partial charge is 0.406 e. The van der Waals surface area contributed by atoms with Crippen molar-refractivity contribution in [3.63, 3.8) is 0 Å². The van der Waals surface area contributed by atoms with Crippen LogP contribution in [0.4, 0.5) is 25.1 Å². The number of nitrogens with zero attached hydrogens (tertiary/aromatic N) is 4. The summed E-state index contributed by atoms with van der Waals surface area (Å²) in [5, 5.41) is 0. The molecular weight excluding hydrogens is 275 g/mol. The lowest BCUT2D eigenvalue weighted by Crippen LogP contribution is -2.36. The van der Waals surface area contributed by atoms with Gasteiger partial charge >= 0.3 is 12.2 Å². The van der Waals surface area contributed by atoms with E-state index in [-0.39, 0.29) is 24.5 Å². The quantitative estimate of drug-likeness (QED) is 0.828. The van der Waals surface area contributed by atoms with Gasteiger partial charge in [-0.1, -0.05) is 13.8 Å². The highest BCUT2D eigenvalue weighted by Gasteiger charge is 2.32. The molecule has 0 bridgehead atoms. The van der Waals surface area contributed by atoms with E-state index in [1.165, 1.54) is 0 Å². The van der Waals surface area contributed by atoms with Gasteiger partial charge in [0.05, 0.1) is 6.61 Å². The van der Waals surface area contributed by atoms with E-state index in [4.69, 9.17) is 10.5 Å². The molecule has 20 heavy (non-hydrogen) atoms. The summed E-state index contributed by atoms with van der Waals surface area (Å²) in [5.41, 5.74) is 5.48. The second-order valence-corrected chi connectivity index (χ2v) is 4.16. The average molecular weight is 293 g/mol. The zero-order valence-corrected chi connectivity index (χ0v) is 11.4. The molecule has 0 aliphatic heterocycles. The number of nitrogen functional groups attached to an aromatic ring is 1. The monoisotopic (exact) mass is 293 g/mol. The van der Waals surface area contributed by atoms with Crippen LogP contribution < -0.4 is 15.4 Å². The molecule has 0 radical (unpaired) electrons. The number of hydrogen-bond acceptors (Lipinski definition) is 6. The molecular formula is C11H18F3N5O. The van der Waals surface area contributed by atoms with E-state index < -0.39 is 12.7 Å². The standard InChI is InChI=1S/C11H18F3N5O/c1-3-5-19(7-11(12,13)14)9-16-8(15)17-10(18-9)20-6-4-2/h3-7H2,1-2H3,(H2,15,16,17,18). The van der Waals surface area contributed by atoms with Crippen LogP contribution in [-0.4, -0.2) is 40.8 Å². The minimum Gasteiger partial charge on any atom is -0.463 e. The Morgan fingerprint density at radius 1 is 1.15 bits per heavy atom. The lowest BCUT2D eigenvalue weighted by molar-refractivity contribution is -0.119. The number of alkyl halides is 3. The maximum absolute atomic E-state index is 12.5. The molecule has 1 aromatic heterocycles. The molecule has 6 nitrogen and oxygen atoms in total. The maximum atomic E-state index is 12.5. The first-order valence-electron chi connectivity index (χ1n) is 6.31. The number of halogens is 3. The molecule has 9 heteroatoms. The molecule has 0 atom stereocenters. The molecule has 0 saturated carbocycles. The Balaban J connectivity index is 2.96. The Hall–Kier alpha value is -1.80. The summed E-state index contributed by atoms with van der Waals surface area (Å²) < 4.78 is 42.8. The van der Waals surface area contributed by atoms with Crippen molar-refractivity contribution in [2.75, 3.05) is 30.3 Å². The number of aromatic nitrogens is 3. The minimum absolute atomic E-state index is 0.0578. The minimum atomic E-state index is -4.35. The maximum Gasteiger partial charge on any atom is 0.406 e. The van der Waals surface area contributed by atoms with E-state index in [9.17, 15) is 13.2 Å². The Bertz CT molecular complexity index is 427. The summed E-state index contributed by atoms with van der Waals surface area (Å²) in [5.74, 6) is -0.285. The van der Waals surface area contributed by atoms with E-state index in [0.717, 1.165) is 11.3 Å². The molecule has 2 N–H and O–H groups in total. The number of ether oxygens (including phenoxy) is 1. The van der Waals surface area contributed by atoms with Gasteiger partial charge in [0.15, 0.2) is 0 Å². The molecule has 0 fully saturated rings. The lowest BCUT2D eigenvalue weighted by Gasteiger charge is -2.23. The molecule has 0 aliphatic carbocycles. The van der Waals surface area contributed by atoms with Crippen LogP contribution in [0, 0.1) is 0 Å². The molecule has 1 heterocycles. The van der Waals surface area contributed by atoms with Gasteiger partial charge in [-0.25, -0.2) is 0 Å². The van der Waals surface area contributed by atoms with Gasteiger partial charge in [0.2, 0.25) is 11.9 Å². The fraction of sp³-hybridized carbons (Fsp3) is 0.727. The van der Waals surface area contributed by atoms with Crippen molar-refractivity contribution in [1.82, 2.24) is 15.0 Å².